The standard InChI is InChI=1S/C19H28N4O2/c1-15(2)22-13-19(14-22)12-21(10-17-11-25-9-8-23(17)19)18(24)20-16-6-4-3-5-7-16/h3-7,15,17H,8-14H2,1-2H3,(H,20,24)/t17-/m1/s1. The van der Waals surface area contributed by atoms with E-state index in [0.29, 0.717) is 12.1 Å². The van der Waals surface area contributed by atoms with Crippen molar-refractivity contribution in [2.75, 3.05) is 51.3 Å². The Morgan fingerprint density at radius 2 is 2.00 bits per heavy atom. The molecule has 0 aliphatic carbocycles. The van der Waals surface area contributed by atoms with Crippen molar-refractivity contribution in [2.45, 2.75) is 31.5 Å². The van der Waals surface area contributed by atoms with Crippen LogP contribution < -0.4 is 5.32 Å². The summed E-state index contributed by atoms with van der Waals surface area (Å²) in [5.74, 6) is 0. The molecule has 1 aromatic rings. The molecule has 25 heavy (non-hydrogen) atoms. The Morgan fingerprint density at radius 3 is 2.72 bits per heavy atom. The highest BCUT2D eigenvalue weighted by Gasteiger charge is 2.55. The number of benzene rings is 1. The van der Waals surface area contributed by atoms with Crippen LogP contribution in [0.25, 0.3) is 0 Å². The number of carbonyl (C=O) groups is 1. The fourth-order valence-corrected chi connectivity index (χ4v) is 4.43. The molecule has 3 saturated heterocycles. The van der Waals surface area contributed by atoms with Gasteiger partial charge in [-0.3, -0.25) is 9.80 Å². The molecule has 0 aromatic heterocycles. The Balaban J connectivity index is 1.49. The summed E-state index contributed by atoms with van der Waals surface area (Å²) in [6.45, 7) is 10.6. The highest BCUT2D eigenvalue weighted by molar-refractivity contribution is 5.89. The molecule has 0 bridgehead atoms. The average molecular weight is 344 g/mol. The maximum atomic E-state index is 12.8. The number of morpholine rings is 1. The molecule has 6 nitrogen and oxygen atoms in total. The van der Waals surface area contributed by atoms with Crippen molar-refractivity contribution in [3.05, 3.63) is 30.3 Å². The first-order valence-corrected chi connectivity index (χ1v) is 9.27. The van der Waals surface area contributed by atoms with Crippen LogP contribution >= 0.6 is 0 Å². The van der Waals surface area contributed by atoms with E-state index in [-0.39, 0.29) is 11.6 Å². The molecule has 1 spiro atoms. The van der Waals surface area contributed by atoms with Gasteiger partial charge in [-0.2, -0.15) is 0 Å². The van der Waals surface area contributed by atoms with Gasteiger partial charge < -0.3 is 15.0 Å². The van der Waals surface area contributed by atoms with Crippen molar-refractivity contribution in [2.24, 2.45) is 0 Å². The number of hydrogen-bond acceptors (Lipinski definition) is 4. The van der Waals surface area contributed by atoms with Gasteiger partial charge in [0.2, 0.25) is 0 Å². The monoisotopic (exact) mass is 344 g/mol. The van der Waals surface area contributed by atoms with Gasteiger partial charge in [-0.25, -0.2) is 4.79 Å². The summed E-state index contributed by atoms with van der Waals surface area (Å²) in [5, 5.41) is 3.04. The normalized spacial score (nSPS) is 26.4. The number of piperazine rings is 1. The molecule has 3 aliphatic heterocycles. The van der Waals surface area contributed by atoms with Crippen LogP contribution in [0, 0.1) is 0 Å². The summed E-state index contributed by atoms with van der Waals surface area (Å²) in [4.78, 5) is 19.9. The highest BCUT2D eigenvalue weighted by Crippen LogP contribution is 2.36. The number of nitrogens with one attached hydrogen (secondary N) is 1. The summed E-state index contributed by atoms with van der Waals surface area (Å²) in [7, 11) is 0. The van der Waals surface area contributed by atoms with Gasteiger partial charge in [0.25, 0.3) is 0 Å². The number of hydrogen-bond donors (Lipinski definition) is 1. The smallest absolute Gasteiger partial charge is 0.321 e. The molecule has 6 heteroatoms. The molecular formula is C19H28N4O2. The number of para-hydroxylation sites is 1. The number of amides is 2. The van der Waals surface area contributed by atoms with Gasteiger partial charge in [-0.05, 0) is 26.0 Å². The van der Waals surface area contributed by atoms with Crippen LogP contribution in [0.5, 0.6) is 0 Å². The Hall–Kier alpha value is -1.63. The molecule has 2 amide bonds. The van der Waals surface area contributed by atoms with Crippen molar-refractivity contribution in [3.63, 3.8) is 0 Å². The number of ether oxygens (including phenoxy) is 1. The number of carbonyl (C=O) groups excluding carboxylic acids is 1. The molecule has 136 valence electrons. The zero-order chi connectivity index (χ0) is 17.4. The molecule has 1 N–H and O–H groups in total. The Bertz CT molecular complexity index is 615. The maximum Gasteiger partial charge on any atom is 0.321 e. The first-order chi connectivity index (χ1) is 12.1. The number of fused-ring (bicyclic) bond motifs is 2. The lowest BCUT2D eigenvalue weighted by Crippen LogP contribution is -2.81. The van der Waals surface area contributed by atoms with E-state index in [0.717, 1.165) is 51.6 Å². The van der Waals surface area contributed by atoms with Crippen molar-refractivity contribution in [3.8, 4) is 0 Å². The van der Waals surface area contributed by atoms with Crippen LogP contribution in [0.1, 0.15) is 13.8 Å². The number of urea groups is 1. The quantitative estimate of drug-likeness (QED) is 0.887. The van der Waals surface area contributed by atoms with Gasteiger partial charge in [0.1, 0.15) is 0 Å². The van der Waals surface area contributed by atoms with Crippen LogP contribution in [0.15, 0.2) is 30.3 Å². The molecular weight excluding hydrogens is 316 g/mol. The summed E-state index contributed by atoms with van der Waals surface area (Å²) in [6, 6.07) is 10.6. The molecule has 4 rings (SSSR count). The second kappa shape index (κ2) is 6.59. The van der Waals surface area contributed by atoms with Gasteiger partial charge in [-0.1, -0.05) is 18.2 Å². The predicted molar refractivity (Wildman–Crippen MR) is 97.8 cm³/mol. The summed E-state index contributed by atoms with van der Waals surface area (Å²) < 4.78 is 5.71. The predicted octanol–water partition coefficient (Wildman–Crippen LogP) is 1.70. The van der Waals surface area contributed by atoms with E-state index in [1.54, 1.807) is 0 Å². The van der Waals surface area contributed by atoms with Crippen LogP contribution in [-0.4, -0.2) is 84.3 Å². The third kappa shape index (κ3) is 3.14. The van der Waals surface area contributed by atoms with Gasteiger partial charge in [0, 0.05) is 44.5 Å². The second-order valence-electron chi connectivity index (χ2n) is 7.82. The van der Waals surface area contributed by atoms with Crippen LogP contribution in [0.3, 0.4) is 0 Å². The maximum absolute atomic E-state index is 12.8. The van der Waals surface area contributed by atoms with Gasteiger partial charge in [-0.15, -0.1) is 0 Å². The summed E-state index contributed by atoms with van der Waals surface area (Å²) >= 11 is 0. The van der Waals surface area contributed by atoms with Crippen molar-refractivity contribution >= 4 is 11.7 Å². The zero-order valence-corrected chi connectivity index (χ0v) is 15.1. The average Bonchev–Trinajstić information content (AvgIpc) is 2.59. The number of likely N-dealkylation sites (tertiary alicyclic amines) is 1. The Morgan fingerprint density at radius 1 is 1.24 bits per heavy atom. The van der Waals surface area contributed by atoms with Crippen LogP contribution in [0.2, 0.25) is 0 Å². The highest BCUT2D eigenvalue weighted by atomic mass is 16.5. The Labute approximate surface area is 149 Å². The summed E-state index contributed by atoms with van der Waals surface area (Å²) in [5.41, 5.74) is 0.937. The van der Waals surface area contributed by atoms with E-state index >= 15 is 0 Å². The topological polar surface area (TPSA) is 48.1 Å². The minimum Gasteiger partial charge on any atom is -0.378 e. The van der Waals surface area contributed by atoms with Gasteiger partial charge in [0.05, 0.1) is 24.8 Å². The number of nitrogens with zero attached hydrogens (tertiary/aromatic N) is 3. The third-order valence-corrected chi connectivity index (χ3v) is 5.79. The van der Waals surface area contributed by atoms with Gasteiger partial charge in [0.15, 0.2) is 0 Å². The largest absolute Gasteiger partial charge is 0.378 e. The first-order valence-electron chi connectivity index (χ1n) is 9.27. The van der Waals surface area contributed by atoms with E-state index in [1.165, 1.54) is 0 Å². The van der Waals surface area contributed by atoms with E-state index in [1.807, 2.05) is 35.2 Å². The lowest BCUT2D eigenvalue weighted by atomic mass is 9.82. The van der Waals surface area contributed by atoms with E-state index < -0.39 is 0 Å². The first kappa shape index (κ1) is 16.8. The molecule has 0 unspecified atom stereocenters. The minimum atomic E-state index is -0.00112. The third-order valence-electron chi connectivity index (χ3n) is 5.79. The molecule has 0 radical (unpaired) electrons. The molecule has 3 heterocycles. The lowest BCUT2D eigenvalue weighted by molar-refractivity contribution is -0.162. The van der Waals surface area contributed by atoms with E-state index in [2.05, 4.69) is 29.0 Å². The molecule has 1 atom stereocenters. The fourth-order valence-electron chi connectivity index (χ4n) is 4.43. The fraction of sp³-hybridized carbons (Fsp3) is 0.632. The van der Waals surface area contributed by atoms with E-state index in [9.17, 15) is 4.79 Å². The SMILES string of the molecule is CC(C)N1CC2(CN(C(=O)Nc3ccccc3)C[C@@H]3COCCN32)C1. The molecule has 3 aliphatic rings. The van der Waals surface area contributed by atoms with Crippen LogP contribution in [-0.2, 0) is 4.74 Å². The number of anilines is 1. The molecule has 3 fully saturated rings. The zero-order valence-electron chi connectivity index (χ0n) is 15.1. The Kier molecular flexibility index (Phi) is 4.43. The molecule has 0 saturated carbocycles. The number of rotatable bonds is 2. The minimum absolute atomic E-state index is 0.00112. The van der Waals surface area contributed by atoms with Crippen molar-refractivity contribution < 1.29 is 9.53 Å². The summed E-state index contributed by atoms with van der Waals surface area (Å²) in [6.07, 6.45) is 0. The van der Waals surface area contributed by atoms with Crippen molar-refractivity contribution in [1.82, 2.24) is 14.7 Å². The van der Waals surface area contributed by atoms with E-state index in [4.69, 9.17) is 4.74 Å². The molecule has 1 aromatic carbocycles. The lowest BCUT2D eigenvalue weighted by Gasteiger charge is -2.64. The van der Waals surface area contributed by atoms with Gasteiger partial charge >= 0.3 is 6.03 Å². The van der Waals surface area contributed by atoms with Crippen molar-refractivity contribution in [1.29, 1.82) is 0 Å². The van der Waals surface area contributed by atoms with Crippen LogP contribution in [0.4, 0.5) is 10.5 Å². The second-order valence-corrected chi connectivity index (χ2v) is 7.82.